The highest BCUT2D eigenvalue weighted by molar-refractivity contribution is 9.10. The summed E-state index contributed by atoms with van der Waals surface area (Å²) in [6, 6.07) is 7.74. The number of unbranched alkanes of at least 4 members (excludes halogenated alkanes) is 3. The van der Waals surface area contributed by atoms with Gasteiger partial charge in [0.25, 0.3) is 0 Å². The molecular weight excluding hydrogens is 280 g/mol. The average Bonchev–Trinajstić information content (AvgIpc) is 2.33. The number of aliphatic hydroxyl groups excluding tert-OH is 1. The second-order valence-corrected chi connectivity index (χ2v) is 4.82. The molecule has 0 amide bonds. The lowest BCUT2D eigenvalue weighted by molar-refractivity contribution is 0.283. The number of hydrogen-bond donors (Lipinski definition) is 2. The van der Waals surface area contributed by atoms with E-state index in [1.54, 1.807) is 6.07 Å². The standard InChI is InChI=1S/C13H17BrN2O/c14-12-7-11(10-15)8-13(9-12)16-5-3-1-2-4-6-17/h7-9,16-17H,1-6H2. The van der Waals surface area contributed by atoms with Gasteiger partial charge < -0.3 is 10.4 Å². The van der Waals surface area contributed by atoms with E-state index in [2.05, 4.69) is 27.3 Å². The van der Waals surface area contributed by atoms with Crippen LogP contribution in [-0.2, 0) is 0 Å². The van der Waals surface area contributed by atoms with Crippen LogP contribution in [-0.4, -0.2) is 18.3 Å². The third kappa shape index (κ3) is 5.71. The van der Waals surface area contributed by atoms with Gasteiger partial charge in [0.15, 0.2) is 0 Å². The highest BCUT2D eigenvalue weighted by Crippen LogP contribution is 2.19. The van der Waals surface area contributed by atoms with Gasteiger partial charge in [0.05, 0.1) is 11.6 Å². The van der Waals surface area contributed by atoms with E-state index in [9.17, 15) is 0 Å². The molecule has 1 aromatic carbocycles. The molecular formula is C13H17BrN2O. The number of aliphatic hydroxyl groups is 1. The minimum Gasteiger partial charge on any atom is -0.396 e. The third-order valence-corrected chi connectivity index (χ3v) is 2.90. The summed E-state index contributed by atoms with van der Waals surface area (Å²) in [4.78, 5) is 0. The van der Waals surface area contributed by atoms with Gasteiger partial charge in [-0.2, -0.15) is 5.26 Å². The number of nitrogens with one attached hydrogen (secondary N) is 1. The van der Waals surface area contributed by atoms with Crippen molar-refractivity contribution in [1.82, 2.24) is 0 Å². The maximum Gasteiger partial charge on any atom is 0.0992 e. The molecule has 2 N–H and O–H groups in total. The number of anilines is 1. The van der Waals surface area contributed by atoms with Gasteiger partial charge in [-0.3, -0.25) is 0 Å². The average molecular weight is 297 g/mol. The summed E-state index contributed by atoms with van der Waals surface area (Å²) in [5.41, 5.74) is 1.63. The van der Waals surface area contributed by atoms with E-state index in [0.29, 0.717) is 5.56 Å². The van der Waals surface area contributed by atoms with Gasteiger partial charge in [0.2, 0.25) is 0 Å². The fraction of sp³-hybridized carbons (Fsp3) is 0.462. The molecule has 17 heavy (non-hydrogen) atoms. The summed E-state index contributed by atoms with van der Waals surface area (Å²) in [5.74, 6) is 0. The molecule has 0 unspecified atom stereocenters. The fourth-order valence-corrected chi connectivity index (χ4v) is 2.07. The minimum absolute atomic E-state index is 0.282. The Labute approximate surface area is 111 Å². The number of rotatable bonds is 7. The number of hydrogen-bond acceptors (Lipinski definition) is 3. The quantitative estimate of drug-likeness (QED) is 0.759. The van der Waals surface area contributed by atoms with E-state index >= 15 is 0 Å². The monoisotopic (exact) mass is 296 g/mol. The van der Waals surface area contributed by atoms with Crippen LogP contribution < -0.4 is 5.32 Å². The zero-order valence-corrected chi connectivity index (χ0v) is 11.3. The number of nitrogens with zero attached hydrogens (tertiary/aromatic N) is 1. The van der Waals surface area contributed by atoms with E-state index in [1.807, 2.05) is 12.1 Å². The van der Waals surface area contributed by atoms with Crippen LogP contribution in [0, 0.1) is 11.3 Å². The maximum absolute atomic E-state index is 8.83. The van der Waals surface area contributed by atoms with E-state index in [4.69, 9.17) is 10.4 Å². The molecule has 0 heterocycles. The molecule has 1 aromatic rings. The smallest absolute Gasteiger partial charge is 0.0992 e. The molecule has 1 rings (SSSR count). The highest BCUT2D eigenvalue weighted by Gasteiger charge is 1.98. The fourth-order valence-electron chi connectivity index (χ4n) is 1.58. The topological polar surface area (TPSA) is 56.0 Å². The van der Waals surface area contributed by atoms with E-state index in [-0.39, 0.29) is 6.61 Å². The number of halogens is 1. The van der Waals surface area contributed by atoms with Crippen LogP contribution in [0.5, 0.6) is 0 Å². The Bertz CT molecular complexity index is 387. The van der Waals surface area contributed by atoms with Crippen LogP contribution in [0.4, 0.5) is 5.69 Å². The lowest BCUT2D eigenvalue weighted by Crippen LogP contribution is -2.01. The van der Waals surface area contributed by atoms with Crippen molar-refractivity contribution >= 4 is 21.6 Å². The zero-order valence-electron chi connectivity index (χ0n) is 9.75. The number of nitriles is 1. The first kappa shape index (κ1) is 14.0. The van der Waals surface area contributed by atoms with Crippen molar-refractivity contribution in [3.05, 3.63) is 28.2 Å². The van der Waals surface area contributed by atoms with E-state index in [1.165, 1.54) is 0 Å². The summed E-state index contributed by atoms with van der Waals surface area (Å²) in [7, 11) is 0. The predicted molar refractivity (Wildman–Crippen MR) is 72.9 cm³/mol. The summed E-state index contributed by atoms with van der Waals surface area (Å²) >= 11 is 3.38. The lowest BCUT2D eigenvalue weighted by Gasteiger charge is -2.07. The van der Waals surface area contributed by atoms with E-state index < -0.39 is 0 Å². The number of benzene rings is 1. The maximum atomic E-state index is 8.83. The van der Waals surface area contributed by atoms with Crippen molar-refractivity contribution in [2.75, 3.05) is 18.5 Å². The van der Waals surface area contributed by atoms with Crippen LogP contribution in [0.25, 0.3) is 0 Å². The molecule has 0 aliphatic carbocycles. The Hall–Kier alpha value is -1.05. The molecule has 0 spiro atoms. The molecule has 0 saturated carbocycles. The third-order valence-electron chi connectivity index (χ3n) is 2.44. The minimum atomic E-state index is 0.282. The molecule has 0 aliphatic rings. The summed E-state index contributed by atoms with van der Waals surface area (Å²) in [5, 5.41) is 20.8. The molecule has 3 nitrogen and oxygen atoms in total. The molecule has 0 saturated heterocycles. The van der Waals surface area contributed by atoms with Crippen LogP contribution in [0.1, 0.15) is 31.2 Å². The first-order chi connectivity index (χ1) is 8.26. The van der Waals surface area contributed by atoms with Crippen LogP contribution >= 0.6 is 15.9 Å². The van der Waals surface area contributed by atoms with Gasteiger partial charge in [-0.15, -0.1) is 0 Å². The molecule has 92 valence electrons. The summed E-state index contributed by atoms with van der Waals surface area (Å²) in [6.07, 6.45) is 4.15. The van der Waals surface area contributed by atoms with Crippen LogP contribution in [0.15, 0.2) is 22.7 Å². The van der Waals surface area contributed by atoms with Crippen molar-refractivity contribution in [3.8, 4) is 6.07 Å². The zero-order chi connectivity index (χ0) is 12.5. The van der Waals surface area contributed by atoms with Crippen molar-refractivity contribution in [1.29, 1.82) is 5.26 Å². The molecule has 0 radical (unpaired) electrons. The van der Waals surface area contributed by atoms with Gasteiger partial charge in [-0.25, -0.2) is 0 Å². The van der Waals surface area contributed by atoms with E-state index in [0.717, 1.165) is 42.4 Å². The normalized spacial score (nSPS) is 9.94. The lowest BCUT2D eigenvalue weighted by atomic mass is 10.2. The largest absolute Gasteiger partial charge is 0.396 e. The molecule has 4 heteroatoms. The van der Waals surface area contributed by atoms with Gasteiger partial charge in [-0.1, -0.05) is 28.8 Å². The Morgan fingerprint density at radius 1 is 1.18 bits per heavy atom. The Morgan fingerprint density at radius 3 is 2.65 bits per heavy atom. The molecule has 0 fully saturated rings. The first-order valence-electron chi connectivity index (χ1n) is 5.81. The van der Waals surface area contributed by atoms with Crippen molar-refractivity contribution in [2.45, 2.75) is 25.7 Å². The van der Waals surface area contributed by atoms with Gasteiger partial charge in [0.1, 0.15) is 0 Å². The first-order valence-corrected chi connectivity index (χ1v) is 6.61. The Morgan fingerprint density at radius 2 is 1.94 bits per heavy atom. The van der Waals surface area contributed by atoms with Crippen LogP contribution in [0.3, 0.4) is 0 Å². The Balaban J connectivity index is 2.32. The summed E-state index contributed by atoms with van der Waals surface area (Å²) in [6.45, 7) is 1.18. The highest BCUT2D eigenvalue weighted by atomic mass is 79.9. The second-order valence-electron chi connectivity index (χ2n) is 3.90. The molecule has 0 aromatic heterocycles. The Kier molecular flexibility index (Phi) is 6.68. The van der Waals surface area contributed by atoms with Gasteiger partial charge >= 0.3 is 0 Å². The predicted octanol–water partition coefficient (Wildman–Crippen LogP) is 3.29. The second kappa shape index (κ2) is 8.10. The molecule has 0 aliphatic heterocycles. The van der Waals surface area contributed by atoms with Gasteiger partial charge in [-0.05, 0) is 31.0 Å². The van der Waals surface area contributed by atoms with Crippen LogP contribution in [0.2, 0.25) is 0 Å². The van der Waals surface area contributed by atoms with Gasteiger partial charge in [0, 0.05) is 23.3 Å². The van der Waals surface area contributed by atoms with Crippen molar-refractivity contribution in [3.63, 3.8) is 0 Å². The van der Waals surface area contributed by atoms with Crippen molar-refractivity contribution < 1.29 is 5.11 Å². The molecule has 0 bridgehead atoms. The molecule has 0 atom stereocenters. The van der Waals surface area contributed by atoms with Crippen molar-refractivity contribution in [2.24, 2.45) is 0 Å². The SMILES string of the molecule is N#Cc1cc(Br)cc(NCCCCCCO)c1. The summed E-state index contributed by atoms with van der Waals surface area (Å²) < 4.78 is 0.916.